The first-order chi connectivity index (χ1) is 13.7. The van der Waals surface area contributed by atoms with Crippen LogP contribution < -0.4 is 28.7 Å². The van der Waals surface area contributed by atoms with Crippen LogP contribution in [0.15, 0.2) is 84.5 Å². The summed E-state index contributed by atoms with van der Waals surface area (Å²) < 4.78 is 7.72. The predicted molar refractivity (Wildman–Crippen MR) is 114 cm³/mol. The number of allylic oxidation sites excluding steroid dienone is 2. The Balaban J connectivity index is 0.00000160. The molecular weight excluding hydrogens is 449 g/mol. The van der Waals surface area contributed by atoms with Gasteiger partial charge >= 0.3 is 177 Å². The van der Waals surface area contributed by atoms with Gasteiger partial charge < -0.3 is 24.8 Å². The molecule has 4 rings (SSSR count). The Labute approximate surface area is 201 Å². The van der Waals surface area contributed by atoms with Crippen LogP contribution in [0.5, 0.6) is 0 Å². The average Bonchev–Trinajstić information content (AvgIpc) is 3.16. The van der Waals surface area contributed by atoms with Crippen molar-refractivity contribution in [1.82, 2.24) is 4.90 Å². The van der Waals surface area contributed by atoms with E-state index in [2.05, 4.69) is 97.9 Å². The third-order valence-corrected chi connectivity index (χ3v) is 6.64. The Kier molecular flexibility index (Phi) is 9.83. The number of likely N-dealkylation sites (N-methyl/N-ethyl adjacent to an activating group) is 1. The molecule has 154 valence electrons. The van der Waals surface area contributed by atoms with Gasteiger partial charge in [0.2, 0.25) is 0 Å². The molecule has 0 amide bonds. The van der Waals surface area contributed by atoms with Crippen LogP contribution in [0, 0.1) is 0 Å². The summed E-state index contributed by atoms with van der Waals surface area (Å²) in [4.78, 5) is 2.24. The number of fused-ring (bicyclic) bond motifs is 1. The average molecular weight is 474 g/mol. The van der Waals surface area contributed by atoms with Crippen LogP contribution in [0.3, 0.4) is 0 Å². The second-order valence-corrected chi connectivity index (χ2v) is 8.98. The molecule has 0 fully saturated rings. The fourth-order valence-electron chi connectivity index (χ4n) is 3.72. The molecule has 0 saturated carbocycles. The minimum atomic E-state index is -0.717. The minimum absolute atomic E-state index is 0. The summed E-state index contributed by atoms with van der Waals surface area (Å²) in [6.07, 6.45) is 5.59. The Morgan fingerprint density at radius 1 is 0.900 bits per heavy atom. The summed E-state index contributed by atoms with van der Waals surface area (Å²) in [6, 6.07) is 23.7. The monoisotopic (exact) mass is 473 g/mol. The van der Waals surface area contributed by atoms with Crippen molar-refractivity contribution in [1.29, 1.82) is 0 Å². The summed E-state index contributed by atoms with van der Waals surface area (Å²) in [5, 5.41) is 2.64. The van der Waals surface area contributed by atoms with E-state index in [1.807, 2.05) is 0 Å². The van der Waals surface area contributed by atoms with Crippen molar-refractivity contribution in [3.63, 3.8) is 0 Å². The van der Waals surface area contributed by atoms with Gasteiger partial charge in [-0.2, -0.15) is 0 Å². The van der Waals surface area contributed by atoms with Crippen molar-refractivity contribution >= 4 is 20.2 Å². The molecule has 0 aromatic heterocycles. The topological polar surface area (TPSA) is 12.5 Å². The number of hydrogen-bond acceptors (Lipinski definition) is 2. The van der Waals surface area contributed by atoms with Crippen molar-refractivity contribution in [2.24, 2.45) is 0 Å². The largest absolute Gasteiger partial charge is 1.00 e. The van der Waals surface area contributed by atoms with Gasteiger partial charge in [-0.3, -0.25) is 0 Å². The number of halogens is 2. The van der Waals surface area contributed by atoms with Gasteiger partial charge in [0, 0.05) is 0 Å². The van der Waals surface area contributed by atoms with E-state index in [-0.39, 0.29) is 24.8 Å². The summed E-state index contributed by atoms with van der Waals surface area (Å²) in [5.74, 6) is 0. The molecule has 30 heavy (non-hydrogen) atoms. The Hall–Kier alpha value is -1.39. The zero-order chi connectivity index (χ0) is 19.3. The van der Waals surface area contributed by atoms with Crippen molar-refractivity contribution in [2.45, 2.75) is 13.0 Å². The number of benzene rings is 3. The normalized spacial score (nSPS) is 12.6. The number of rotatable bonds is 7. The van der Waals surface area contributed by atoms with Crippen LogP contribution in [0.2, 0.25) is 0 Å². The summed E-state index contributed by atoms with van der Waals surface area (Å²) in [5.41, 5.74) is 5.51. The van der Waals surface area contributed by atoms with Crippen LogP contribution >= 0.6 is 0 Å². The third-order valence-electron chi connectivity index (χ3n) is 5.03. The second-order valence-electron chi connectivity index (χ2n) is 7.43. The zero-order valence-electron chi connectivity index (χ0n) is 17.2. The molecule has 0 saturated heterocycles. The molecule has 1 aliphatic rings. The van der Waals surface area contributed by atoms with Gasteiger partial charge in [-0.15, -0.1) is 0 Å². The van der Waals surface area contributed by atoms with Crippen LogP contribution in [0.1, 0.15) is 17.5 Å². The number of hydrogen-bond donors (Lipinski definition) is 0. The summed E-state index contributed by atoms with van der Waals surface area (Å²) in [6.45, 7) is 1.66. The van der Waals surface area contributed by atoms with Crippen LogP contribution in [0.25, 0.3) is 16.3 Å². The van der Waals surface area contributed by atoms with Crippen molar-refractivity contribution in [3.8, 4) is 0 Å². The maximum atomic E-state index is 6.30. The van der Waals surface area contributed by atoms with Gasteiger partial charge in [-0.25, -0.2) is 0 Å². The first-order valence-electron chi connectivity index (χ1n) is 9.69. The van der Waals surface area contributed by atoms with E-state index in [1.54, 1.807) is 0 Å². The number of nitrogens with zero attached hydrogens (tertiary/aromatic N) is 1. The Morgan fingerprint density at radius 3 is 2.40 bits per heavy atom. The van der Waals surface area contributed by atoms with E-state index in [0.717, 1.165) is 13.0 Å². The van der Waals surface area contributed by atoms with E-state index in [4.69, 9.17) is 3.32 Å². The first-order valence-corrected chi connectivity index (χ1v) is 11.1. The molecule has 0 heterocycles. The molecule has 0 radical (unpaired) electrons. The van der Waals surface area contributed by atoms with Gasteiger partial charge in [0.1, 0.15) is 0 Å². The fourth-order valence-corrected chi connectivity index (χ4v) is 5.38. The van der Waals surface area contributed by atoms with Crippen molar-refractivity contribution in [3.05, 3.63) is 95.6 Å². The van der Waals surface area contributed by atoms with E-state index < -0.39 is 19.5 Å². The molecule has 3 aromatic rings. The van der Waals surface area contributed by atoms with Gasteiger partial charge in [0.15, 0.2) is 0 Å². The van der Waals surface area contributed by atoms with Crippen LogP contribution in [-0.4, -0.2) is 25.5 Å². The molecular formula is C25H25Cl2NOTi. The maximum absolute atomic E-state index is 6.30. The van der Waals surface area contributed by atoms with Crippen molar-refractivity contribution < 1.29 is 47.7 Å². The van der Waals surface area contributed by atoms with Gasteiger partial charge in [-0.1, -0.05) is 0 Å². The standard InChI is InChI=1S/C18H18N.C7H7O.2ClH.Ti/c1-19(2)13-17-8-5-9-18(17)16-11-10-14-6-3-4-7-15(14)12-16;8-6-7-4-2-1-3-5-7;;;/h3-8,10-11H,9,13H2,1-2H3;1-5H,6H2;2*1H;/q;-1;;;+3/p-2. The molecule has 5 heteroatoms. The molecule has 0 aliphatic heterocycles. The molecule has 3 aromatic carbocycles. The summed E-state index contributed by atoms with van der Waals surface area (Å²) in [7, 11) is 4.27. The third kappa shape index (κ3) is 5.85. The molecule has 1 aliphatic carbocycles. The molecule has 0 bridgehead atoms. The smallest absolute Gasteiger partial charge is 1.00 e. The molecule has 0 unspecified atom stereocenters. The van der Waals surface area contributed by atoms with E-state index in [0.29, 0.717) is 6.61 Å². The quantitative estimate of drug-likeness (QED) is 0.406. The van der Waals surface area contributed by atoms with Gasteiger partial charge in [0.25, 0.3) is 0 Å². The van der Waals surface area contributed by atoms with E-state index >= 15 is 0 Å². The fraction of sp³-hybridized carbons (Fsp3) is 0.200. The van der Waals surface area contributed by atoms with Crippen LogP contribution in [0.4, 0.5) is 0 Å². The molecule has 0 N–H and O–H groups in total. The minimum Gasteiger partial charge on any atom is -1.00 e. The molecule has 2 nitrogen and oxygen atoms in total. The molecule has 0 spiro atoms. The zero-order valence-corrected chi connectivity index (χ0v) is 20.3. The molecule has 0 atom stereocenters. The Bertz CT molecular complexity index is 1030. The maximum Gasteiger partial charge on any atom is -1.00 e. The van der Waals surface area contributed by atoms with E-state index in [9.17, 15) is 0 Å². The first kappa shape index (κ1) is 24.9. The predicted octanol–water partition coefficient (Wildman–Crippen LogP) is -1.04. The van der Waals surface area contributed by atoms with Gasteiger partial charge in [0.05, 0.1) is 0 Å². The Morgan fingerprint density at radius 2 is 1.63 bits per heavy atom. The second kappa shape index (κ2) is 11.9. The SMILES string of the molecule is CN(C)CC1=C(c2ccc3ccccc3[c]2[Ti+2][O]Cc2ccccc2)CC=C1.[Cl-].[Cl-]. The van der Waals surface area contributed by atoms with Crippen LogP contribution in [-0.2, 0) is 29.5 Å². The van der Waals surface area contributed by atoms with Crippen molar-refractivity contribution in [2.75, 3.05) is 20.6 Å². The summed E-state index contributed by atoms with van der Waals surface area (Å²) >= 11 is -0.717. The van der Waals surface area contributed by atoms with E-state index in [1.165, 1.54) is 36.9 Å². The van der Waals surface area contributed by atoms with Gasteiger partial charge in [-0.05, 0) is 0 Å².